The second-order valence-corrected chi connectivity index (χ2v) is 19.6. The van der Waals surface area contributed by atoms with Crippen molar-refractivity contribution in [2.45, 2.75) is 0 Å². The first-order valence-electron chi connectivity index (χ1n) is 26.0. The minimum atomic E-state index is 0.610. The lowest BCUT2D eigenvalue weighted by molar-refractivity contribution is 1.31. The topological polar surface area (TPSA) is 153 Å². The Balaban J connectivity index is 1.06. The molecule has 0 fully saturated rings. The summed E-state index contributed by atoms with van der Waals surface area (Å²) < 4.78 is 0. The van der Waals surface area contributed by atoms with Crippen molar-refractivity contribution in [2.24, 2.45) is 0 Å². The molecule has 0 radical (unpaired) electrons. The minimum Gasteiger partial charge on any atom is -0.354 e. The zero-order valence-corrected chi connectivity index (χ0v) is 42.8. The Labute approximate surface area is 461 Å². The summed E-state index contributed by atoms with van der Waals surface area (Å²) in [7, 11) is 0. The quantitative estimate of drug-likeness (QED) is 0.155. The number of hydrogen-bond donors (Lipinski definition) is 2. The molecule has 0 atom stereocenters. The summed E-state index contributed by atoms with van der Waals surface area (Å²) in [6.07, 6.45) is 8.38. The predicted octanol–water partition coefficient (Wildman–Crippen LogP) is 17.5. The molecular formula is C72H42N8. The average molecular weight is 1020 g/mol. The van der Waals surface area contributed by atoms with Gasteiger partial charge >= 0.3 is 0 Å². The summed E-state index contributed by atoms with van der Waals surface area (Å²) in [6, 6.07) is 81.8. The van der Waals surface area contributed by atoms with Crippen molar-refractivity contribution in [3.8, 4) is 113 Å². The smallest absolute Gasteiger partial charge is 0.0991 e. The van der Waals surface area contributed by atoms with Gasteiger partial charge in [0.2, 0.25) is 0 Å². The molecule has 0 unspecified atom stereocenters. The largest absolute Gasteiger partial charge is 0.354 e. The Hall–Kier alpha value is -11.7. The van der Waals surface area contributed by atoms with E-state index < -0.39 is 0 Å². The van der Waals surface area contributed by atoms with Gasteiger partial charge in [-0.2, -0.15) is 21.0 Å². The molecule has 0 amide bonds. The summed E-state index contributed by atoms with van der Waals surface area (Å²) >= 11 is 0. The number of nitriles is 4. The number of hydrogen-bond acceptors (Lipinski definition) is 6. The van der Waals surface area contributed by atoms with Crippen molar-refractivity contribution in [3.63, 3.8) is 0 Å². The summed E-state index contributed by atoms with van der Waals surface area (Å²) in [4.78, 5) is 18.9. The molecular weight excluding hydrogens is 977 g/mol. The molecule has 0 saturated heterocycles. The van der Waals surface area contributed by atoms with Crippen LogP contribution in [0.25, 0.3) is 135 Å². The molecule has 8 bridgehead atoms. The van der Waals surface area contributed by atoms with Crippen LogP contribution in [0.2, 0.25) is 0 Å². The molecule has 8 nitrogen and oxygen atoms in total. The lowest BCUT2D eigenvalue weighted by Crippen LogP contribution is -1.90. The molecule has 5 heterocycles. The first-order valence-corrected chi connectivity index (χ1v) is 26.0. The predicted molar refractivity (Wildman–Crippen MR) is 321 cm³/mol. The van der Waals surface area contributed by atoms with Crippen LogP contribution in [0.3, 0.4) is 0 Å². The molecule has 0 aliphatic carbocycles. The molecule has 13 rings (SSSR count). The van der Waals surface area contributed by atoms with E-state index in [-0.39, 0.29) is 0 Å². The van der Waals surface area contributed by atoms with Gasteiger partial charge in [0.15, 0.2) is 0 Å². The molecule has 0 spiro atoms. The highest BCUT2D eigenvalue weighted by Gasteiger charge is 2.20. The SMILES string of the molecule is N#Cc1ccc(-c2ccc(-c3c4nc(c(-c5ccc(-c6ccc(C#N)cc6)cc5)c5ccc([nH]5)c(-c5ccc(-c6ccc(C#N)cc6)cc5)c5nc(c(-c6ccc(-c7ccc(C#N)cc7)cc6)c6ccc3[nH]6)C=C5)C=C4)cc2)cc1. The van der Waals surface area contributed by atoms with Gasteiger partial charge in [0.25, 0.3) is 0 Å². The maximum Gasteiger partial charge on any atom is 0.0991 e. The van der Waals surface area contributed by atoms with Gasteiger partial charge in [-0.05, 0) is 164 Å². The molecule has 2 aliphatic rings. The molecule has 3 aromatic heterocycles. The van der Waals surface area contributed by atoms with E-state index in [1.807, 2.05) is 97.1 Å². The van der Waals surface area contributed by atoms with Crippen molar-refractivity contribution in [3.05, 3.63) is 263 Å². The fourth-order valence-corrected chi connectivity index (χ4v) is 10.7. The molecule has 0 saturated carbocycles. The first-order chi connectivity index (χ1) is 39.4. The summed E-state index contributed by atoms with van der Waals surface area (Å²) in [5.41, 5.74) is 24.7. The minimum absolute atomic E-state index is 0.610. The van der Waals surface area contributed by atoms with Gasteiger partial charge in [-0.1, -0.05) is 146 Å². The van der Waals surface area contributed by atoms with Crippen LogP contribution in [0.4, 0.5) is 0 Å². The van der Waals surface area contributed by atoms with Crippen LogP contribution >= 0.6 is 0 Å². The molecule has 11 aromatic rings. The lowest BCUT2D eigenvalue weighted by atomic mass is 9.98. The van der Waals surface area contributed by atoms with Gasteiger partial charge in [0.05, 0.1) is 69.3 Å². The van der Waals surface area contributed by atoms with Gasteiger partial charge in [0.1, 0.15) is 0 Å². The van der Waals surface area contributed by atoms with Gasteiger partial charge in [-0.25, -0.2) is 9.97 Å². The summed E-state index contributed by atoms with van der Waals surface area (Å²) in [6.45, 7) is 0. The fourth-order valence-electron chi connectivity index (χ4n) is 10.7. The zero-order chi connectivity index (χ0) is 54.1. The fraction of sp³-hybridized carbons (Fsp3) is 0. The standard InChI is InChI=1S/C72H42N8/c73-41-45-1-9-49(10-2-45)53-17-25-57(26-18-53)69-61-33-35-63(77-61)70(58-27-19-54(20-28-58)50-11-3-46(42-74)4-12-50)65-37-39-67(79-65)72(60-31-23-56(24-32-60)52-15-7-48(44-76)8-16-52)68-40-38-66(80-68)71(64-36-34-62(69)78-64)59-29-21-55(22-30-59)51-13-5-47(43-75)6-14-51/h1-40,77,80H. The second-order valence-electron chi connectivity index (χ2n) is 19.6. The van der Waals surface area contributed by atoms with Crippen LogP contribution in [0.5, 0.6) is 0 Å². The number of rotatable bonds is 8. The Kier molecular flexibility index (Phi) is 12.3. The number of nitrogens with zero attached hydrogens (tertiary/aromatic N) is 6. The zero-order valence-electron chi connectivity index (χ0n) is 42.8. The van der Waals surface area contributed by atoms with E-state index in [0.717, 1.165) is 134 Å². The van der Waals surface area contributed by atoms with Crippen LogP contribution < -0.4 is 0 Å². The first kappa shape index (κ1) is 48.0. The van der Waals surface area contributed by atoms with Gasteiger partial charge in [-0.15, -0.1) is 0 Å². The van der Waals surface area contributed by atoms with Crippen LogP contribution in [-0.4, -0.2) is 19.9 Å². The van der Waals surface area contributed by atoms with Crippen molar-refractivity contribution < 1.29 is 0 Å². The highest BCUT2D eigenvalue weighted by Crippen LogP contribution is 2.40. The number of aromatic nitrogens is 4. The molecule has 2 N–H and O–H groups in total. The van der Waals surface area contributed by atoms with Crippen molar-refractivity contribution in [1.29, 1.82) is 21.0 Å². The summed E-state index contributed by atoms with van der Waals surface area (Å²) in [5, 5.41) is 37.9. The van der Waals surface area contributed by atoms with Crippen LogP contribution in [0.15, 0.2) is 218 Å². The third-order valence-corrected chi connectivity index (χ3v) is 14.8. The molecule has 80 heavy (non-hydrogen) atoms. The normalized spacial score (nSPS) is 11.3. The van der Waals surface area contributed by atoms with E-state index in [1.54, 1.807) is 0 Å². The lowest BCUT2D eigenvalue weighted by Gasteiger charge is -2.09. The van der Waals surface area contributed by atoms with E-state index in [9.17, 15) is 21.0 Å². The van der Waals surface area contributed by atoms with Gasteiger partial charge < -0.3 is 9.97 Å². The average Bonchev–Trinajstić information content (AvgIpc) is 4.39. The van der Waals surface area contributed by atoms with E-state index in [0.29, 0.717) is 22.3 Å². The Bertz CT molecular complexity index is 4050. The maximum atomic E-state index is 9.48. The van der Waals surface area contributed by atoms with E-state index in [1.165, 1.54) is 0 Å². The molecule has 8 heteroatoms. The van der Waals surface area contributed by atoms with Gasteiger partial charge in [-0.3, -0.25) is 0 Å². The number of nitrogens with one attached hydrogen (secondary N) is 2. The monoisotopic (exact) mass is 1020 g/mol. The number of benzene rings is 8. The highest BCUT2D eigenvalue weighted by molar-refractivity contribution is 6.00. The Morgan fingerprint density at radius 1 is 0.212 bits per heavy atom. The number of fused-ring (bicyclic) bond motifs is 8. The van der Waals surface area contributed by atoms with Crippen LogP contribution in [-0.2, 0) is 0 Å². The Morgan fingerprint density at radius 3 is 0.550 bits per heavy atom. The third-order valence-electron chi connectivity index (χ3n) is 14.8. The van der Waals surface area contributed by atoms with E-state index >= 15 is 0 Å². The Morgan fingerprint density at radius 2 is 0.375 bits per heavy atom. The molecule has 8 aromatic carbocycles. The number of H-pyrrole nitrogens is 2. The summed E-state index contributed by atoms with van der Waals surface area (Å²) in [5.74, 6) is 0. The third kappa shape index (κ3) is 9.10. The van der Waals surface area contributed by atoms with E-state index in [4.69, 9.17) is 9.97 Å². The maximum absolute atomic E-state index is 9.48. The van der Waals surface area contributed by atoms with Crippen LogP contribution in [0.1, 0.15) is 45.0 Å². The van der Waals surface area contributed by atoms with E-state index in [2.05, 4.69) is 180 Å². The van der Waals surface area contributed by atoms with Crippen molar-refractivity contribution in [2.75, 3.05) is 0 Å². The highest BCUT2D eigenvalue weighted by atomic mass is 14.8. The molecule has 2 aliphatic heterocycles. The van der Waals surface area contributed by atoms with Gasteiger partial charge in [0, 0.05) is 44.3 Å². The molecule has 370 valence electrons. The second kappa shape index (κ2) is 20.5. The van der Waals surface area contributed by atoms with Crippen LogP contribution in [0, 0.1) is 45.3 Å². The van der Waals surface area contributed by atoms with Crippen molar-refractivity contribution >= 4 is 46.4 Å². The number of aromatic amines is 2. The van der Waals surface area contributed by atoms with Crippen molar-refractivity contribution in [1.82, 2.24) is 19.9 Å².